The molecule has 0 unspecified atom stereocenters. The summed E-state index contributed by atoms with van der Waals surface area (Å²) in [5.41, 5.74) is 1.51. The molecule has 1 aromatic carbocycles. The van der Waals surface area contributed by atoms with Gasteiger partial charge in [0.1, 0.15) is 5.75 Å². The van der Waals surface area contributed by atoms with E-state index >= 15 is 0 Å². The third-order valence-corrected chi connectivity index (χ3v) is 3.12. The fourth-order valence-corrected chi connectivity index (χ4v) is 2.03. The Bertz CT molecular complexity index is 665. The Morgan fingerprint density at radius 2 is 1.91 bits per heavy atom. The van der Waals surface area contributed by atoms with Gasteiger partial charge >= 0.3 is 6.36 Å². The molecule has 2 aromatic rings. The zero-order chi connectivity index (χ0) is 17.0. The minimum atomic E-state index is -4.72. The summed E-state index contributed by atoms with van der Waals surface area (Å²) in [6, 6.07) is 5.27. The van der Waals surface area contributed by atoms with Crippen molar-refractivity contribution in [2.45, 2.75) is 19.3 Å². The van der Waals surface area contributed by atoms with Crippen molar-refractivity contribution in [3.05, 3.63) is 47.8 Å². The summed E-state index contributed by atoms with van der Waals surface area (Å²) in [5, 5.41) is 4.02. The van der Waals surface area contributed by atoms with Gasteiger partial charge in [-0.05, 0) is 17.7 Å². The number of carbonyl (C=O) groups is 1. The summed E-state index contributed by atoms with van der Waals surface area (Å²) in [6.07, 6.45) is -1.13. The Kier molecular flexibility index (Phi) is 4.92. The van der Waals surface area contributed by atoms with Crippen LogP contribution in [0.4, 0.5) is 13.2 Å². The normalized spacial score (nSPS) is 11.3. The maximum atomic E-state index is 12.1. The largest absolute Gasteiger partial charge is 0.573 e. The monoisotopic (exact) mass is 327 g/mol. The van der Waals surface area contributed by atoms with Gasteiger partial charge in [-0.15, -0.1) is 13.2 Å². The Morgan fingerprint density at radius 3 is 2.43 bits per heavy atom. The van der Waals surface area contributed by atoms with Crippen LogP contribution in [0, 0.1) is 0 Å². The second-order valence-corrected chi connectivity index (χ2v) is 5.14. The van der Waals surface area contributed by atoms with E-state index in [-0.39, 0.29) is 18.1 Å². The highest BCUT2D eigenvalue weighted by Gasteiger charge is 2.30. The van der Waals surface area contributed by atoms with Crippen LogP contribution in [0.25, 0.3) is 0 Å². The lowest BCUT2D eigenvalue weighted by atomic mass is 10.1. The predicted octanol–water partition coefficient (Wildman–Crippen LogP) is 2.52. The third-order valence-electron chi connectivity index (χ3n) is 3.12. The van der Waals surface area contributed by atoms with E-state index in [2.05, 4.69) is 9.84 Å². The van der Waals surface area contributed by atoms with E-state index in [9.17, 15) is 18.0 Å². The van der Waals surface area contributed by atoms with Gasteiger partial charge in [0.05, 0.1) is 12.6 Å². The van der Waals surface area contributed by atoms with Gasteiger partial charge in [0, 0.05) is 32.4 Å². The number of halogens is 3. The number of hydrogen-bond donors (Lipinski definition) is 0. The van der Waals surface area contributed by atoms with Crippen LogP contribution in [0.1, 0.15) is 11.1 Å². The quantitative estimate of drug-likeness (QED) is 0.848. The van der Waals surface area contributed by atoms with Gasteiger partial charge in [0.2, 0.25) is 5.91 Å². The summed E-state index contributed by atoms with van der Waals surface area (Å²) in [4.78, 5) is 13.7. The summed E-state index contributed by atoms with van der Waals surface area (Å²) in [7, 11) is 3.45. The summed E-state index contributed by atoms with van der Waals surface area (Å²) in [5.74, 6) is -0.448. The molecule has 8 heteroatoms. The summed E-state index contributed by atoms with van der Waals surface area (Å²) >= 11 is 0. The van der Waals surface area contributed by atoms with Crippen LogP contribution in [0.15, 0.2) is 36.7 Å². The van der Waals surface area contributed by atoms with Crippen molar-refractivity contribution in [1.82, 2.24) is 14.7 Å². The molecule has 0 atom stereocenters. The van der Waals surface area contributed by atoms with Crippen LogP contribution < -0.4 is 4.74 Å². The van der Waals surface area contributed by atoms with E-state index in [1.807, 2.05) is 6.20 Å². The molecule has 1 aromatic heterocycles. The zero-order valence-corrected chi connectivity index (χ0v) is 12.7. The molecular formula is C15H16F3N3O2. The van der Waals surface area contributed by atoms with E-state index in [1.54, 1.807) is 25.0 Å². The molecule has 1 heterocycles. The molecule has 124 valence electrons. The molecule has 0 N–H and O–H groups in total. The van der Waals surface area contributed by atoms with Gasteiger partial charge in [-0.25, -0.2) is 0 Å². The number of carbonyl (C=O) groups excluding carboxylic acids is 1. The predicted molar refractivity (Wildman–Crippen MR) is 76.5 cm³/mol. The molecule has 0 fully saturated rings. The van der Waals surface area contributed by atoms with Crippen molar-refractivity contribution in [1.29, 1.82) is 0 Å². The zero-order valence-electron chi connectivity index (χ0n) is 12.7. The van der Waals surface area contributed by atoms with Gasteiger partial charge in [-0.3, -0.25) is 9.48 Å². The van der Waals surface area contributed by atoms with Crippen molar-refractivity contribution in [3.63, 3.8) is 0 Å². The van der Waals surface area contributed by atoms with E-state index in [0.717, 1.165) is 5.56 Å². The molecule has 2 rings (SSSR count). The Balaban J connectivity index is 1.91. The van der Waals surface area contributed by atoms with Crippen LogP contribution in [-0.2, 0) is 24.8 Å². The lowest BCUT2D eigenvalue weighted by Crippen LogP contribution is -2.27. The molecule has 0 spiro atoms. The Hall–Kier alpha value is -2.51. The van der Waals surface area contributed by atoms with Crippen LogP contribution in [0.5, 0.6) is 5.75 Å². The lowest BCUT2D eigenvalue weighted by molar-refractivity contribution is -0.274. The molecule has 0 aliphatic carbocycles. The fraction of sp³-hybridized carbons (Fsp3) is 0.333. The highest BCUT2D eigenvalue weighted by atomic mass is 19.4. The molecule has 0 aliphatic rings. The first-order valence-corrected chi connectivity index (χ1v) is 6.79. The molecule has 0 saturated carbocycles. The summed E-state index contributed by atoms with van der Waals surface area (Å²) < 4.78 is 41.7. The van der Waals surface area contributed by atoms with Gasteiger partial charge in [0.15, 0.2) is 0 Å². The third kappa shape index (κ3) is 5.32. The van der Waals surface area contributed by atoms with Gasteiger partial charge in [-0.1, -0.05) is 12.1 Å². The van der Waals surface area contributed by atoms with Crippen LogP contribution in [0.2, 0.25) is 0 Å². The van der Waals surface area contributed by atoms with Crippen molar-refractivity contribution in [3.8, 4) is 5.75 Å². The highest BCUT2D eigenvalue weighted by molar-refractivity contribution is 5.78. The molecule has 0 aliphatic heterocycles. The van der Waals surface area contributed by atoms with Crippen molar-refractivity contribution >= 4 is 5.91 Å². The minimum Gasteiger partial charge on any atom is -0.406 e. The number of amides is 1. The average molecular weight is 327 g/mol. The number of hydrogen-bond acceptors (Lipinski definition) is 3. The average Bonchev–Trinajstić information content (AvgIpc) is 2.84. The molecule has 1 amide bonds. The first-order valence-electron chi connectivity index (χ1n) is 6.79. The summed E-state index contributed by atoms with van der Waals surface area (Å²) in [6.45, 7) is 0.419. The molecule has 0 radical (unpaired) electrons. The second kappa shape index (κ2) is 6.72. The van der Waals surface area contributed by atoms with E-state index in [0.29, 0.717) is 12.1 Å². The van der Waals surface area contributed by atoms with E-state index in [4.69, 9.17) is 0 Å². The molecule has 23 heavy (non-hydrogen) atoms. The number of benzene rings is 1. The first-order chi connectivity index (χ1) is 10.7. The SMILES string of the molecule is CN(Cc1cnn(C)c1)C(=O)Cc1ccc(OC(F)(F)F)cc1. The maximum Gasteiger partial charge on any atom is 0.573 e. The minimum absolute atomic E-state index is 0.100. The van der Waals surface area contributed by atoms with Crippen molar-refractivity contribution in [2.75, 3.05) is 7.05 Å². The van der Waals surface area contributed by atoms with Gasteiger partial charge in [-0.2, -0.15) is 5.10 Å². The number of ether oxygens (including phenoxy) is 1. The second-order valence-electron chi connectivity index (χ2n) is 5.14. The fourth-order valence-electron chi connectivity index (χ4n) is 2.03. The molecule has 0 bridgehead atoms. The molecule has 0 saturated heterocycles. The van der Waals surface area contributed by atoms with Crippen LogP contribution >= 0.6 is 0 Å². The van der Waals surface area contributed by atoms with Gasteiger partial charge < -0.3 is 9.64 Å². The number of rotatable bonds is 5. The standard InChI is InChI=1S/C15H16F3N3O2/c1-20(9-12-8-19-21(2)10-12)14(22)7-11-3-5-13(6-4-11)23-15(16,17)18/h3-6,8,10H,7,9H2,1-2H3. The number of aromatic nitrogens is 2. The molecular weight excluding hydrogens is 311 g/mol. The number of aryl methyl sites for hydroxylation is 1. The number of nitrogens with zero attached hydrogens (tertiary/aromatic N) is 3. The smallest absolute Gasteiger partial charge is 0.406 e. The van der Waals surface area contributed by atoms with E-state index in [1.165, 1.54) is 29.2 Å². The molecule has 5 nitrogen and oxygen atoms in total. The highest BCUT2D eigenvalue weighted by Crippen LogP contribution is 2.22. The van der Waals surface area contributed by atoms with Crippen molar-refractivity contribution in [2.24, 2.45) is 7.05 Å². The Labute approximate surface area is 131 Å². The first kappa shape index (κ1) is 16.9. The maximum absolute atomic E-state index is 12.1. The lowest BCUT2D eigenvalue weighted by Gasteiger charge is -2.16. The van der Waals surface area contributed by atoms with Crippen molar-refractivity contribution < 1.29 is 22.7 Å². The van der Waals surface area contributed by atoms with Gasteiger partial charge in [0.25, 0.3) is 0 Å². The number of likely N-dealkylation sites (N-methyl/N-ethyl adjacent to an activating group) is 1. The number of alkyl halides is 3. The van der Waals surface area contributed by atoms with Crippen LogP contribution in [-0.4, -0.2) is 34.0 Å². The Morgan fingerprint density at radius 1 is 1.26 bits per heavy atom. The van der Waals surface area contributed by atoms with E-state index < -0.39 is 6.36 Å². The van der Waals surface area contributed by atoms with Crippen LogP contribution in [0.3, 0.4) is 0 Å². The topological polar surface area (TPSA) is 47.4 Å².